The van der Waals surface area contributed by atoms with E-state index in [2.05, 4.69) is 76.2 Å². The van der Waals surface area contributed by atoms with Gasteiger partial charge >= 0.3 is 9.28 Å². The van der Waals surface area contributed by atoms with Gasteiger partial charge in [0.2, 0.25) is 0 Å². The smallest absolute Gasteiger partial charge is 0.321 e. The fourth-order valence-corrected chi connectivity index (χ4v) is 10.1. The van der Waals surface area contributed by atoms with E-state index < -0.39 is 9.28 Å². The zero-order chi connectivity index (χ0) is 46.8. The second-order valence-corrected chi connectivity index (χ2v) is 21.8. The summed E-state index contributed by atoms with van der Waals surface area (Å²) < 4.78 is 12.7. The predicted molar refractivity (Wildman–Crippen MR) is 292 cm³/mol. The van der Waals surface area contributed by atoms with Gasteiger partial charge in [0.05, 0.1) is 0 Å². The first-order chi connectivity index (χ1) is 31.6. The van der Waals surface area contributed by atoms with Gasteiger partial charge in [0.15, 0.2) is 0 Å². The number of allylic oxidation sites excluding steroid dienone is 6. The molecule has 0 spiro atoms. The highest BCUT2D eigenvalue weighted by atomic mass is 28.3. The minimum Gasteiger partial charge on any atom is -0.397 e. The maximum Gasteiger partial charge on any atom is 0.321 e. The van der Waals surface area contributed by atoms with E-state index in [0.29, 0.717) is 6.61 Å². The third-order valence-electron chi connectivity index (χ3n) is 12.6. The Morgan fingerprint density at radius 3 is 0.844 bits per heavy atom. The lowest BCUT2D eigenvalue weighted by atomic mass is 10.1. The summed E-state index contributed by atoms with van der Waals surface area (Å²) in [5.41, 5.74) is 0. The van der Waals surface area contributed by atoms with Crippen molar-refractivity contribution in [3.05, 3.63) is 36.5 Å². The van der Waals surface area contributed by atoms with Crippen LogP contribution in [-0.2, 0) is 8.85 Å². The highest BCUT2D eigenvalue weighted by molar-refractivity contribution is 6.44. The van der Waals surface area contributed by atoms with Crippen LogP contribution in [0.25, 0.3) is 0 Å². The highest BCUT2D eigenvalue weighted by Crippen LogP contribution is 2.14. The van der Waals surface area contributed by atoms with Gasteiger partial charge in [-0.3, -0.25) is 0 Å². The molecule has 0 aromatic rings. The van der Waals surface area contributed by atoms with E-state index in [1.807, 2.05) is 0 Å². The van der Waals surface area contributed by atoms with E-state index in [0.717, 1.165) is 32.2 Å². The normalized spacial score (nSPS) is 12.0. The molecular weight excluding hydrogens is 799 g/mol. The third kappa shape index (κ3) is 63.4. The molecule has 0 heterocycles. The van der Waals surface area contributed by atoms with E-state index in [-0.39, 0.29) is 0 Å². The summed E-state index contributed by atoms with van der Waals surface area (Å²) in [6, 6.07) is 1.15. The van der Waals surface area contributed by atoms with Crippen LogP contribution in [0, 0.1) is 0 Å². The minimum absolute atomic E-state index is 0.362. The van der Waals surface area contributed by atoms with Gasteiger partial charge in [0.1, 0.15) is 0 Å². The number of nitrogens with zero attached hydrogens (tertiary/aromatic N) is 1. The molecule has 0 amide bonds. The topological polar surface area (TPSA) is 41.9 Å². The van der Waals surface area contributed by atoms with Gasteiger partial charge in [-0.05, 0) is 129 Å². The summed E-state index contributed by atoms with van der Waals surface area (Å²) in [5, 5.41) is 8.66. The van der Waals surface area contributed by atoms with Crippen molar-refractivity contribution in [3.8, 4) is 0 Å². The van der Waals surface area contributed by atoms with Crippen molar-refractivity contribution in [1.29, 1.82) is 0 Å². The zero-order valence-electron chi connectivity index (χ0n) is 44.7. The molecule has 382 valence electrons. The maximum atomic E-state index is 8.66. The minimum atomic E-state index is -1.52. The van der Waals surface area contributed by atoms with Crippen molar-refractivity contribution >= 4 is 9.28 Å². The average molecular weight is 919 g/mol. The molecule has 0 fully saturated rings. The zero-order valence-corrected chi connectivity index (χ0v) is 45.8. The Labute approximate surface area is 406 Å². The van der Waals surface area contributed by atoms with Gasteiger partial charge in [0.25, 0.3) is 0 Å². The summed E-state index contributed by atoms with van der Waals surface area (Å²) in [6.45, 7) is 10.2. The molecule has 5 heteroatoms. The molecule has 0 aromatic carbocycles. The lowest BCUT2D eigenvalue weighted by Gasteiger charge is -2.18. The van der Waals surface area contributed by atoms with Crippen LogP contribution in [0.4, 0.5) is 0 Å². The number of hydrogen-bond donors (Lipinski definition) is 1. The molecule has 64 heavy (non-hydrogen) atoms. The molecule has 0 unspecified atom stereocenters. The van der Waals surface area contributed by atoms with Crippen LogP contribution >= 0.6 is 0 Å². The molecule has 0 atom stereocenters. The molecule has 0 radical (unpaired) electrons. The Morgan fingerprint density at radius 2 is 0.578 bits per heavy atom. The van der Waals surface area contributed by atoms with Crippen LogP contribution in [0.2, 0.25) is 6.04 Å². The van der Waals surface area contributed by atoms with Crippen molar-refractivity contribution < 1.29 is 14.0 Å². The first-order valence-corrected chi connectivity index (χ1v) is 30.8. The standard InChI is InChI=1S/C41H83NO2Si.C18H36O/c1-5-7-9-11-13-15-17-19-21-23-25-27-29-31-33-35-39-43-45(41-37-38-42(3)4)44-40-36-34-32-30-28-26-24-22-20-18-16-14-12-10-8-6-2;1-2-3-4-5-6-7-8-9-10-11-12-13-14-15-16-17-18-19/h19-22,45H,5-18,23-41H2,1-4H3;9-10,19H,2-8,11-18H2,1H3/b21-19-,22-20-;10-9-. The largest absolute Gasteiger partial charge is 0.397 e. The van der Waals surface area contributed by atoms with Gasteiger partial charge in [0, 0.05) is 19.8 Å². The van der Waals surface area contributed by atoms with Gasteiger partial charge in [-0.15, -0.1) is 0 Å². The molecule has 0 aliphatic rings. The van der Waals surface area contributed by atoms with Crippen LogP contribution < -0.4 is 0 Å². The number of aliphatic hydroxyl groups is 1. The summed E-state index contributed by atoms with van der Waals surface area (Å²) in [7, 11) is 2.81. The first-order valence-electron chi connectivity index (χ1n) is 29.1. The molecule has 1 N–H and O–H groups in total. The second-order valence-electron chi connectivity index (χ2n) is 19.7. The average Bonchev–Trinajstić information content (AvgIpc) is 3.29. The van der Waals surface area contributed by atoms with Crippen LogP contribution in [0.3, 0.4) is 0 Å². The Hall–Kier alpha value is -0.723. The molecular formula is C59H119NO3Si. The van der Waals surface area contributed by atoms with E-state index in [1.165, 1.54) is 270 Å². The van der Waals surface area contributed by atoms with Gasteiger partial charge in [-0.2, -0.15) is 0 Å². The molecule has 0 saturated carbocycles. The summed E-state index contributed by atoms with van der Waals surface area (Å²) in [4.78, 5) is 2.28. The lowest BCUT2D eigenvalue weighted by molar-refractivity contribution is 0.187. The second kappa shape index (κ2) is 62.3. The monoisotopic (exact) mass is 918 g/mol. The quantitative estimate of drug-likeness (QED) is 0.0375. The van der Waals surface area contributed by atoms with Crippen molar-refractivity contribution in [1.82, 2.24) is 4.90 Å². The van der Waals surface area contributed by atoms with E-state index in [1.54, 1.807) is 0 Å². The van der Waals surface area contributed by atoms with Gasteiger partial charge in [-0.25, -0.2) is 0 Å². The van der Waals surface area contributed by atoms with Gasteiger partial charge in [-0.1, -0.05) is 231 Å². The van der Waals surface area contributed by atoms with Crippen molar-refractivity contribution in [2.45, 2.75) is 303 Å². The molecule has 0 bridgehead atoms. The molecule has 0 aliphatic carbocycles. The molecule has 0 aliphatic heterocycles. The van der Waals surface area contributed by atoms with E-state index in [4.69, 9.17) is 14.0 Å². The van der Waals surface area contributed by atoms with Gasteiger partial charge < -0.3 is 18.9 Å². The molecule has 0 rings (SSSR count). The molecule has 0 aromatic heterocycles. The summed E-state index contributed by atoms with van der Waals surface area (Å²) >= 11 is 0. The summed E-state index contributed by atoms with van der Waals surface area (Å²) in [5.74, 6) is 0. The Kier molecular flexibility index (Phi) is 63.6. The Bertz CT molecular complexity index is 847. The van der Waals surface area contributed by atoms with Crippen LogP contribution in [0.15, 0.2) is 36.5 Å². The Morgan fingerprint density at radius 1 is 0.328 bits per heavy atom. The van der Waals surface area contributed by atoms with Crippen LogP contribution in [0.1, 0.15) is 297 Å². The number of unbranched alkanes of at least 4 members (excludes halogenated alkanes) is 36. The van der Waals surface area contributed by atoms with Crippen LogP contribution in [0.5, 0.6) is 0 Å². The Balaban J connectivity index is 0. The third-order valence-corrected chi connectivity index (χ3v) is 14.7. The SMILES string of the molecule is CCCCCCCC/C=C\CCCCCCCCO.CCCCCCCC/C=C\CCCCCCCCO[SiH](CCCN(C)C)OCCCCCCCC/C=C\CCCCCCCC. The molecule has 0 saturated heterocycles. The molecule has 4 nitrogen and oxygen atoms in total. The first kappa shape index (κ1) is 65.4. The summed E-state index contributed by atoms with van der Waals surface area (Å²) in [6.07, 6.45) is 72.0. The fourth-order valence-electron chi connectivity index (χ4n) is 8.28. The number of hydrogen-bond acceptors (Lipinski definition) is 4. The van der Waals surface area contributed by atoms with E-state index >= 15 is 0 Å². The van der Waals surface area contributed by atoms with Crippen molar-refractivity contribution in [2.75, 3.05) is 40.5 Å². The van der Waals surface area contributed by atoms with Crippen molar-refractivity contribution in [3.63, 3.8) is 0 Å². The van der Waals surface area contributed by atoms with Crippen molar-refractivity contribution in [2.24, 2.45) is 0 Å². The van der Waals surface area contributed by atoms with Crippen LogP contribution in [-0.4, -0.2) is 59.8 Å². The predicted octanol–water partition coefficient (Wildman–Crippen LogP) is 19.3. The fraction of sp³-hybridized carbons (Fsp3) is 0.898. The lowest BCUT2D eigenvalue weighted by Crippen LogP contribution is -2.26. The van der Waals surface area contributed by atoms with E-state index in [9.17, 15) is 0 Å². The highest BCUT2D eigenvalue weighted by Gasteiger charge is 2.13. The number of aliphatic hydroxyl groups excluding tert-OH is 1. The maximum absolute atomic E-state index is 8.66. The number of rotatable bonds is 53.